The summed E-state index contributed by atoms with van der Waals surface area (Å²) in [5.41, 5.74) is 4.87. The van der Waals surface area contributed by atoms with Gasteiger partial charge in [-0.15, -0.1) is 23.5 Å². The highest BCUT2D eigenvalue weighted by atomic mass is 32.2. The van der Waals surface area contributed by atoms with Crippen LogP contribution in [0.1, 0.15) is 13.8 Å². The van der Waals surface area contributed by atoms with Crippen molar-refractivity contribution in [1.29, 1.82) is 0 Å². The molecule has 0 unspecified atom stereocenters. The summed E-state index contributed by atoms with van der Waals surface area (Å²) < 4.78 is 10.0. The van der Waals surface area contributed by atoms with Crippen LogP contribution in [-0.4, -0.2) is 95.5 Å². The third kappa shape index (κ3) is 22.8. The van der Waals surface area contributed by atoms with E-state index in [1.165, 1.54) is 19.0 Å². The fourth-order valence-electron chi connectivity index (χ4n) is 1.13. The maximum absolute atomic E-state index is 11.3. The molecule has 0 aromatic heterocycles. The molecule has 0 aromatic carbocycles. The molecular formula is C15H32N7O9PS2. The van der Waals surface area contributed by atoms with Crippen LogP contribution in [0.2, 0.25) is 0 Å². The van der Waals surface area contributed by atoms with Crippen molar-refractivity contribution in [3.05, 3.63) is 0 Å². The van der Waals surface area contributed by atoms with E-state index in [1.54, 1.807) is 40.5 Å². The Hall–Kier alpha value is -2.37. The number of carbonyl (C=O) groups excluding carboxylic acids is 4. The number of carbonyl (C=O) groups is 4. The van der Waals surface area contributed by atoms with E-state index >= 15 is 0 Å². The molecule has 0 spiro atoms. The molecule has 0 saturated carbocycles. The standard InChI is InChI=1S/C7H13N3O3S.C5H9N3O3S.C3H10NO3P/c1-8-7(12)13-9-5(14-4)6(11)10(2)3;1-7-5(10)11-8-4(12-2)3(6)9;1-3(2)4-8(5,6)7/h1-4H3,(H,8,12);1-2H3,(H2,6,9)(H,7,10);3H,1-2H3,(H3,4,5,6,7). The Labute approximate surface area is 206 Å². The molecule has 0 atom stereocenters. The zero-order valence-electron chi connectivity index (χ0n) is 20.0. The van der Waals surface area contributed by atoms with Gasteiger partial charge in [-0.3, -0.25) is 19.3 Å². The van der Waals surface area contributed by atoms with Crippen LogP contribution >= 0.6 is 31.3 Å². The van der Waals surface area contributed by atoms with Gasteiger partial charge in [0.25, 0.3) is 11.8 Å². The summed E-state index contributed by atoms with van der Waals surface area (Å²) in [5, 5.41) is 13.1. The normalized spacial score (nSPS) is 11.1. The smallest absolute Gasteiger partial charge is 0.364 e. The summed E-state index contributed by atoms with van der Waals surface area (Å²) in [4.78, 5) is 69.3. The average molecular weight is 550 g/mol. The quantitative estimate of drug-likeness (QED) is 0.0871. The first-order valence-electron chi connectivity index (χ1n) is 8.92. The summed E-state index contributed by atoms with van der Waals surface area (Å²) in [7, 11) is 1.99. The highest BCUT2D eigenvalue weighted by Gasteiger charge is 2.14. The Kier molecular flexibility index (Phi) is 21.3. The van der Waals surface area contributed by atoms with Gasteiger partial charge in [0.2, 0.25) is 10.1 Å². The third-order valence-electron chi connectivity index (χ3n) is 2.44. The summed E-state index contributed by atoms with van der Waals surface area (Å²) in [6, 6.07) is -0.171. The van der Waals surface area contributed by atoms with Gasteiger partial charge in [0.1, 0.15) is 0 Å². The maximum atomic E-state index is 11.3. The topological polar surface area (TPSA) is 234 Å². The Bertz CT molecular complexity index is 773. The summed E-state index contributed by atoms with van der Waals surface area (Å²) in [6.07, 6.45) is 1.82. The molecule has 0 fully saturated rings. The van der Waals surface area contributed by atoms with E-state index in [4.69, 9.17) is 15.5 Å². The number of amides is 4. The van der Waals surface area contributed by atoms with E-state index in [9.17, 15) is 23.7 Å². The number of thioether (sulfide) groups is 2. The van der Waals surface area contributed by atoms with Gasteiger partial charge < -0.3 is 31.1 Å². The Morgan fingerprint density at radius 2 is 1.32 bits per heavy atom. The summed E-state index contributed by atoms with van der Waals surface area (Å²) in [6.45, 7) is 3.33. The third-order valence-corrected chi connectivity index (χ3v) is 4.60. The monoisotopic (exact) mass is 549 g/mol. The van der Waals surface area contributed by atoms with E-state index in [1.807, 2.05) is 5.09 Å². The minimum atomic E-state index is -3.97. The first-order valence-corrected chi connectivity index (χ1v) is 13.0. The summed E-state index contributed by atoms with van der Waals surface area (Å²) >= 11 is 2.11. The molecule has 34 heavy (non-hydrogen) atoms. The van der Waals surface area contributed by atoms with Crippen molar-refractivity contribution in [2.75, 3.05) is 40.7 Å². The molecule has 198 valence electrons. The molecule has 0 rings (SSSR count). The molecule has 0 saturated heterocycles. The average Bonchev–Trinajstić information content (AvgIpc) is 2.72. The van der Waals surface area contributed by atoms with Crippen LogP contribution in [0.4, 0.5) is 9.59 Å². The second-order valence-corrected chi connectivity index (χ2v) is 8.79. The number of oxime groups is 2. The van der Waals surface area contributed by atoms with Crippen LogP contribution in [0.15, 0.2) is 10.3 Å². The second kappa shape index (κ2) is 20.0. The number of nitrogens with one attached hydrogen (secondary N) is 3. The molecule has 0 radical (unpaired) electrons. The highest BCUT2D eigenvalue weighted by molar-refractivity contribution is 8.15. The highest BCUT2D eigenvalue weighted by Crippen LogP contribution is 2.28. The maximum Gasteiger partial charge on any atom is 0.433 e. The van der Waals surface area contributed by atoms with Crippen LogP contribution in [0, 0.1) is 0 Å². The lowest BCUT2D eigenvalue weighted by Gasteiger charge is -2.09. The molecule has 7 N–H and O–H groups in total. The largest absolute Gasteiger partial charge is 0.433 e. The van der Waals surface area contributed by atoms with Crippen LogP contribution in [0.25, 0.3) is 0 Å². The minimum absolute atomic E-state index is 0.0569. The lowest BCUT2D eigenvalue weighted by atomic mass is 10.4. The van der Waals surface area contributed by atoms with Crippen LogP contribution in [-0.2, 0) is 23.8 Å². The summed E-state index contributed by atoms with van der Waals surface area (Å²) in [5.74, 6) is -1.03. The van der Waals surface area contributed by atoms with Crippen molar-refractivity contribution in [3.8, 4) is 0 Å². The fraction of sp³-hybridized carbons (Fsp3) is 0.600. The molecule has 19 heteroatoms. The van der Waals surface area contributed by atoms with E-state index in [2.05, 4.69) is 30.6 Å². The van der Waals surface area contributed by atoms with E-state index in [0.717, 1.165) is 23.5 Å². The lowest BCUT2D eigenvalue weighted by molar-refractivity contribution is -0.121. The van der Waals surface area contributed by atoms with Gasteiger partial charge in [0.15, 0.2) is 0 Å². The van der Waals surface area contributed by atoms with Gasteiger partial charge in [-0.25, -0.2) is 19.2 Å². The minimum Gasteiger partial charge on any atom is -0.364 e. The second-order valence-electron chi connectivity index (χ2n) is 5.85. The molecule has 0 aliphatic carbocycles. The number of nitrogens with zero attached hydrogens (tertiary/aromatic N) is 3. The first kappa shape index (κ1) is 36.2. The van der Waals surface area contributed by atoms with E-state index in [0.29, 0.717) is 0 Å². The Morgan fingerprint density at radius 3 is 1.53 bits per heavy atom. The van der Waals surface area contributed by atoms with Gasteiger partial charge in [0.05, 0.1) is 0 Å². The number of hydrogen-bond donors (Lipinski definition) is 6. The molecule has 0 aromatic rings. The number of hydrogen-bond acceptors (Lipinski definition) is 11. The van der Waals surface area contributed by atoms with Crippen LogP contribution in [0.3, 0.4) is 0 Å². The van der Waals surface area contributed by atoms with Crippen molar-refractivity contribution in [1.82, 2.24) is 20.6 Å². The SMILES string of the molecule is CC(C)NP(=O)(O)O.CNC(=O)ON=C(SC)C(=O)N(C)C.CNC(=O)ON=C(SC)C(N)=O. The molecule has 0 aliphatic heterocycles. The van der Waals surface area contributed by atoms with Gasteiger partial charge in [-0.2, -0.15) is 0 Å². The van der Waals surface area contributed by atoms with Gasteiger partial charge in [-0.05, 0) is 26.4 Å². The van der Waals surface area contributed by atoms with Gasteiger partial charge >= 0.3 is 19.9 Å². The zero-order chi connectivity index (χ0) is 27.5. The van der Waals surface area contributed by atoms with Crippen molar-refractivity contribution >= 4 is 65.4 Å². The van der Waals surface area contributed by atoms with Crippen molar-refractivity contribution in [2.45, 2.75) is 19.9 Å². The van der Waals surface area contributed by atoms with E-state index < -0.39 is 25.8 Å². The van der Waals surface area contributed by atoms with Crippen LogP contribution in [0.5, 0.6) is 0 Å². The van der Waals surface area contributed by atoms with Crippen molar-refractivity contribution in [2.24, 2.45) is 16.0 Å². The predicted molar refractivity (Wildman–Crippen MR) is 131 cm³/mol. The van der Waals surface area contributed by atoms with Gasteiger partial charge in [-0.1, -0.05) is 10.3 Å². The first-order chi connectivity index (χ1) is 15.6. The Morgan fingerprint density at radius 1 is 0.941 bits per heavy atom. The molecular weight excluding hydrogens is 517 g/mol. The predicted octanol–water partition coefficient (Wildman–Crippen LogP) is -0.312. The molecule has 0 aliphatic rings. The number of rotatable bonds is 4. The number of nitrogens with two attached hydrogens (primary N) is 1. The van der Waals surface area contributed by atoms with Gasteiger partial charge in [0, 0.05) is 34.2 Å². The number of primary amides is 1. The van der Waals surface area contributed by atoms with Crippen LogP contribution < -0.4 is 21.5 Å². The van der Waals surface area contributed by atoms with Crippen molar-refractivity contribution < 1.29 is 43.2 Å². The Balaban J connectivity index is -0.000000440. The zero-order valence-corrected chi connectivity index (χ0v) is 22.5. The molecule has 4 amide bonds. The fourth-order valence-corrected chi connectivity index (χ4v) is 2.59. The van der Waals surface area contributed by atoms with Crippen molar-refractivity contribution in [3.63, 3.8) is 0 Å². The molecule has 16 nitrogen and oxygen atoms in total. The lowest BCUT2D eigenvalue weighted by Crippen LogP contribution is -2.28. The van der Waals surface area contributed by atoms with E-state index in [-0.39, 0.29) is 22.0 Å². The molecule has 0 bridgehead atoms. The molecule has 0 heterocycles.